The van der Waals surface area contributed by atoms with E-state index >= 15 is 0 Å². The first-order chi connectivity index (χ1) is 11.0. The third-order valence-electron chi connectivity index (χ3n) is 4.43. The van der Waals surface area contributed by atoms with Gasteiger partial charge in [0.1, 0.15) is 0 Å². The van der Waals surface area contributed by atoms with Crippen molar-refractivity contribution < 1.29 is 24.2 Å². The van der Waals surface area contributed by atoms with Crippen molar-refractivity contribution in [2.45, 2.75) is 38.5 Å². The number of amides is 1. The molecule has 0 saturated heterocycles. The third-order valence-corrected chi connectivity index (χ3v) is 4.43. The maximum atomic E-state index is 12.3. The molecule has 0 radical (unpaired) electrons. The summed E-state index contributed by atoms with van der Waals surface area (Å²) >= 11 is 0. The fraction of sp³-hybridized carbons (Fsp3) is 0.529. The van der Waals surface area contributed by atoms with Gasteiger partial charge in [0, 0.05) is 18.2 Å². The number of carboxylic acids is 1. The van der Waals surface area contributed by atoms with Crippen LogP contribution < -0.4 is 14.8 Å². The number of carbonyl (C=O) groups excluding carboxylic acids is 1. The van der Waals surface area contributed by atoms with Crippen molar-refractivity contribution in [3.8, 4) is 11.5 Å². The van der Waals surface area contributed by atoms with E-state index in [9.17, 15) is 14.7 Å². The molecule has 2 N–H and O–H groups in total. The van der Waals surface area contributed by atoms with Gasteiger partial charge in [-0.15, -0.1) is 0 Å². The largest absolute Gasteiger partial charge is 0.493 e. The first-order valence-corrected chi connectivity index (χ1v) is 7.76. The minimum atomic E-state index is -0.932. The van der Waals surface area contributed by atoms with Crippen molar-refractivity contribution in [3.05, 3.63) is 18.2 Å². The zero-order valence-electron chi connectivity index (χ0n) is 13.6. The molecule has 0 aromatic heterocycles. The molecule has 0 spiro atoms. The number of aliphatic carboxylic acids is 1. The summed E-state index contributed by atoms with van der Waals surface area (Å²) in [5, 5.41) is 12.3. The number of benzene rings is 1. The summed E-state index contributed by atoms with van der Waals surface area (Å²) in [6.45, 7) is 0. The zero-order valence-corrected chi connectivity index (χ0v) is 13.6. The third kappa shape index (κ3) is 3.94. The van der Waals surface area contributed by atoms with Crippen LogP contribution in [0.5, 0.6) is 11.5 Å². The Morgan fingerprint density at radius 1 is 1.13 bits per heavy atom. The lowest BCUT2D eigenvalue weighted by molar-refractivity contribution is -0.153. The van der Waals surface area contributed by atoms with Gasteiger partial charge in [0.05, 0.1) is 19.6 Å². The van der Waals surface area contributed by atoms with Crippen LogP contribution in [0.1, 0.15) is 38.5 Å². The molecule has 1 aromatic rings. The molecule has 1 fully saturated rings. The fourth-order valence-corrected chi connectivity index (χ4v) is 3.12. The molecule has 1 aliphatic rings. The van der Waals surface area contributed by atoms with E-state index in [-0.39, 0.29) is 12.3 Å². The predicted octanol–water partition coefficient (Wildman–Crippen LogP) is 3.07. The van der Waals surface area contributed by atoms with Crippen LogP contribution in [0.2, 0.25) is 0 Å². The molecule has 0 bridgehead atoms. The molecule has 1 aromatic carbocycles. The van der Waals surface area contributed by atoms with E-state index in [1.54, 1.807) is 18.2 Å². The smallest absolute Gasteiger partial charge is 0.310 e. The second-order valence-corrected chi connectivity index (χ2v) is 5.94. The number of anilines is 1. The van der Waals surface area contributed by atoms with Crippen LogP contribution in [0.4, 0.5) is 5.69 Å². The summed E-state index contributed by atoms with van der Waals surface area (Å²) in [5.41, 5.74) is -0.372. The molecule has 0 heterocycles. The summed E-state index contributed by atoms with van der Waals surface area (Å²) < 4.78 is 10.3. The highest BCUT2D eigenvalue weighted by molar-refractivity contribution is 5.94. The zero-order chi connectivity index (χ0) is 16.9. The lowest BCUT2D eigenvalue weighted by Gasteiger charge is -2.32. The number of hydrogen-bond acceptors (Lipinski definition) is 4. The maximum absolute atomic E-state index is 12.3. The van der Waals surface area contributed by atoms with E-state index in [0.717, 1.165) is 19.3 Å². The van der Waals surface area contributed by atoms with Crippen LogP contribution in [0.25, 0.3) is 0 Å². The Morgan fingerprint density at radius 3 is 2.35 bits per heavy atom. The standard InChI is InChI=1S/C17H23NO5/c1-22-13-7-6-12(10-14(13)23-2)18-15(19)11-17(16(20)21)8-4-3-5-9-17/h6-7,10H,3-5,8-9,11H2,1-2H3,(H,18,19)(H,20,21). The van der Waals surface area contributed by atoms with E-state index in [0.29, 0.717) is 30.0 Å². The number of ether oxygens (including phenoxy) is 2. The summed E-state index contributed by atoms with van der Waals surface area (Å²) in [6, 6.07) is 5.06. The van der Waals surface area contributed by atoms with Crippen molar-refractivity contribution in [3.63, 3.8) is 0 Å². The minimum absolute atomic E-state index is 0.00330. The fourth-order valence-electron chi connectivity index (χ4n) is 3.12. The van der Waals surface area contributed by atoms with Crippen molar-refractivity contribution in [1.82, 2.24) is 0 Å². The second-order valence-electron chi connectivity index (χ2n) is 5.94. The van der Waals surface area contributed by atoms with Gasteiger partial charge in [-0.3, -0.25) is 9.59 Å². The molecule has 2 rings (SSSR count). The maximum Gasteiger partial charge on any atom is 0.310 e. The molecule has 0 unspecified atom stereocenters. The molecule has 6 nitrogen and oxygen atoms in total. The molecular weight excluding hydrogens is 298 g/mol. The number of methoxy groups -OCH3 is 2. The number of rotatable bonds is 6. The quantitative estimate of drug-likeness (QED) is 0.841. The Morgan fingerprint density at radius 2 is 1.78 bits per heavy atom. The minimum Gasteiger partial charge on any atom is -0.493 e. The van der Waals surface area contributed by atoms with E-state index in [4.69, 9.17) is 9.47 Å². The van der Waals surface area contributed by atoms with E-state index in [1.165, 1.54) is 14.2 Å². The Kier molecular flexibility index (Phi) is 5.47. The van der Waals surface area contributed by atoms with Gasteiger partial charge in [0.2, 0.25) is 5.91 Å². The summed E-state index contributed by atoms with van der Waals surface area (Å²) in [5.74, 6) is -0.0862. The highest BCUT2D eigenvalue weighted by Gasteiger charge is 2.41. The Hall–Kier alpha value is -2.24. The van der Waals surface area contributed by atoms with E-state index < -0.39 is 11.4 Å². The van der Waals surface area contributed by atoms with Gasteiger partial charge < -0.3 is 19.9 Å². The van der Waals surface area contributed by atoms with Crippen molar-refractivity contribution >= 4 is 17.6 Å². The Labute approximate surface area is 135 Å². The van der Waals surface area contributed by atoms with Gasteiger partial charge in [0.15, 0.2) is 11.5 Å². The van der Waals surface area contributed by atoms with Gasteiger partial charge in [-0.05, 0) is 25.0 Å². The van der Waals surface area contributed by atoms with Crippen LogP contribution in [0.15, 0.2) is 18.2 Å². The molecule has 23 heavy (non-hydrogen) atoms. The number of nitrogens with one attached hydrogen (secondary N) is 1. The summed E-state index contributed by atoms with van der Waals surface area (Å²) in [4.78, 5) is 23.9. The normalized spacial score (nSPS) is 16.4. The highest BCUT2D eigenvalue weighted by atomic mass is 16.5. The molecule has 1 saturated carbocycles. The van der Waals surface area contributed by atoms with Crippen LogP contribution in [0.3, 0.4) is 0 Å². The lowest BCUT2D eigenvalue weighted by atomic mass is 9.71. The van der Waals surface area contributed by atoms with Crippen LogP contribution in [-0.4, -0.2) is 31.2 Å². The van der Waals surface area contributed by atoms with E-state index in [1.807, 2.05) is 0 Å². The first-order valence-electron chi connectivity index (χ1n) is 7.76. The summed E-state index contributed by atoms with van der Waals surface area (Å²) in [7, 11) is 3.06. The molecule has 6 heteroatoms. The Bertz CT molecular complexity index is 578. The topological polar surface area (TPSA) is 84.9 Å². The van der Waals surface area contributed by atoms with Gasteiger partial charge in [-0.1, -0.05) is 19.3 Å². The SMILES string of the molecule is COc1ccc(NC(=O)CC2(C(=O)O)CCCCC2)cc1OC. The van der Waals surface area contributed by atoms with Crippen LogP contribution >= 0.6 is 0 Å². The van der Waals surface area contributed by atoms with Crippen molar-refractivity contribution in [1.29, 1.82) is 0 Å². The molecule has 0 atom stereocenters. The number of carboxylic acid groups (broad SMARTS) is 1. The predicted molar refractivity (Wildman–Crippen MR) is 85.9 cm³/mol. The van der Waals surface area contributed by atoms with Gasteiger partial charge in [-0.25, -0.2) is 0 Å². The molecule has 126 valence electrons. The second kappa shape index (κ2) is 7.35. The number of hydrogen-bond donors (Lipinski definition) is 2. The average Bonchev–Trinajstić information content (AvgIpc) is 2.55. The summed E-state index contributed by atoms with van der Waals surface area (Å²) in [6.07, 6.45) is 3.86. The van der Waals surface area contributed by atoms with Gasteiger partial charge >= 0.3 is 5.97 Å². The van der Waals surface area contributed by atoms with Crippen molar-refractivity contribution in [2.75, 3.05) is 19.5 Å². The van der Waals surface area contributed by atoms with Crippen molar-refractivity contribution in [2.24, 2.45) is 5.41 Å². The Balaban J connectivity index is 2.08. The lowest BCUT2D eigenvalue weighted by Crippen LogP contribution is -2.37. The van der Waals surface area contributed by atoms with Gasteiger partial charge in [0.25, 0.3) is 0 Å². The van der Waals surface area contributed by atoms with E-state index in [2.05, 4.69) is 5.32 Å². The van der Waals surface area contributed by atoms with Crippen LogP contribution in [0, 0.1) is 5.41 Å². The first kappa shape index (κ1) is 17.1. The molecule has 1 amide bonds. The van der Waals surface area contributed by atoms with Crippen LogP contribution in [-0.2, 0) is 9.59 Å². The van der Waals surface area contributed by atoms with Gasteiger partial charge in [-0.2, -0.15) is 0 Å². The monoisotopic (exact) mass is 321 g/mol. The average molecular weight is 321 g/mol. The molecular formula is C17H23NO5. The molecule has 1 aliphatic carbocycles. The molecule has 0 aliphatic heterocycles. The highest BCUT2D eigenvalue weighted by Crippen LogP contribution is 2.40. The number of carbonyl (C=O) groups is 2.